The highest BCUT2D eigenvalue weighted by Gasteiger charge is 2.39. The van der Waals surface area contributed by atoms with Gasteiger partial charge in [-0.05, 0) is 40.5 Å². The number of alkyl halides is 2. The second kappa shape index (κ2) is 9.49. The molecule has 0 atom stereocenters. The number of ether oxygens (including phenoxy) is 1. The summed E-state index contributed by atoms with van der Waals surface area (Å²) in [5.41, 5.74) is 2.79. The molecule has 7 nitrogen and oxygen atoms in total. The van der Waals surface area contributed by atoms with Gasteiger partial charge >= 0.3 is 18.0 Å². The summed E-state index contributed by atoms with van der Waals surface area (Å²) in [6.07, 6.45) is -1.13. The lowest BCUT2D eigenvalue weighted by Crippen LogP contribution is -2.45. The Balaban J connectivity index is 1.34. The van der Waals surface area contributed by atoms with Crippen molar-refractivity contribution in [3.63, 3.8) is 0 Å². The summed E-state index contributed by atoms with van der Waals surface area (Å²) in [6, 6.07) is 17.6. The highest BCUT2D eigenvalue weighted by Crippen LogP contribution is 2.44. The van der Waals surface area contributed by atoms with Crippen LogP contribution >= 0.6 is 0 Å². The Morgan fingerprint density at radius 2 is 1.54 bits per heavy atom. The fraction of sp³-hybridized carbons (Fsp3) is 0.160. The molecule has 0 saturated heterocycles. The van der Waals surface area contributed by atoms with Crippen LogP contribution in [-0.4, -0.2) is 42.2 Å². The Kier molecular flexibility index (Phi) is 6.46. The number of fused-ring (bicyclic) bond motifs is 3. The van der Waals surface area contributed by atoms with Gasteiger partial charge in [0.05, 0.1) is 12.1 Å². The lowest BCUT2D eigenvalue weighted by atomic mass is 9.98. The molecule has 0 spiro atoms. The Morgan fingerprint density at radius 3 is 2.14 bits per heavy atom. The Labute approximate surface area is 197 Å². The molecule has 0 aromatic heterocycles. The van der Waals surface area contributed by atoms with Crippen molar-refractivity contribution in [2.75, 3.05) is 18.5 Å². The van der Waals surface area contributed by atoms with Gasteiger partial charge in [0.1, 0.15) is 12.4 Å². The van der Waals surface area contributed by atoms with E-state index in [4.69, 9.17) is 9.84 Å². The molecule has 1 aliphatic carbocycles. The maximum atomic E-state index is 14.3. The number of nitrogens with one attached hydrogen (secondary N) is 2. The molecule has 2 amide bonds. The van der Waals surface area contributed by atoms with Gasteiger partial charge in [0.2, 0.25) is 0 Å². The topological polar surface area (TPSA) is 105 Å². The minimum Gasteiger partial charge on any atom is -0.478 e. The monoisotopic (exact) mass is 484 g/mol. The smallest absolute Gasteiger partial charge is 0.407 e. The minimum atomic E-state index is -4.05. The van der Waals surface area contributed by atoms with E-state index in [9.17, 15) is 27.6 Å². The van der Waals surface area contributed by atoms with Gasteiger partial charge in [-0.15, -0.1) is 0 Å². The van der Waals surface area contributed by atoms with Crippen LogP contribution in [0.2, 0.25) is 0 Å². The normalized spacial score (nSPS) is 12.4. The number of rotatable bonds is 7. The summed E-state index contributed by atoms with van der Waals surface area (Å²) >= 11 is 0. The Bertz CT molecular complexity index is 1270. The Hall–Kier alpha value is -4.34. The lowest BCUT2D eigenvalue weighted by Gasteiger charge is -2.18. The first kappa shape index (κ1) is 23.8. The second-order valence-electron chi connectivity index (χ2n) is 7.84. The molecule has 0 bridgehead atoms. The van der Waals surface area contributed by atoms with E-state index in [1.165, 1.54) is 0 Å². The zero-order valence-electron chi connectivity index (χ0n) is 18.1. The molecule has 0 saturated carbocycles. The summed E-state index contributed by atoms with van der Waals surface area (Å²) in [6.45, 7) is -1.45. The highest BCUT2D eigenvalue weighted by molar-refractivity contribution is 5.98. The van der Waals surface area contributed by atoms with Crippen LogP contribution in [0.3, 0.4) is 0 Å². The van der Waals surface area contributed by atoms with Crippen molar-refractivity contribution >= 4 is 23.7 Å². The fourth-order valence-electron chi connectivity index (χ4n) is 3.90. The molecule has 0 radical (unpaired) electrons. The number of aromatic carboxylic acids is 1. The molecule has 4 rings (SSSR count). The number of halogens is 3. The SMILES string of the molecule is O=C(NCC(F)(F)C(=O)Nc1ccc(F)c(C(=O)O)c1)OCC1c2ccccc2-c2ccccc21. The summed E-state index contributed by atoms with van der Waals surface area (Å²) in [5, 5.41) is 12.6. The number of carbonyl (C=O) groups excluding carboxylic acids is 2. The molecule has 0 unspecified atom stereocenters. The third kappa shape index (κ3) is 4.96. The van der Waals surface area contributed by atoms with Crippen LogP contribution < -0.4 is 10.6 Å². The van der Waals surface area contributed by atoms with Crippen molar-refractivity contribution < 1.29 is 37.4 Å². The van der Waals surface area contributed by atoms with Crippen molar-refractivity contribution in [1.29, 1.82) is 0 Å². The van der Waals surface area contributed by atoms with Crippen molar-refractivity contribution in [3.05, 3.63) is 89.2 Å². The van der Waals surface area contributed by atoms with Crippen LogP contribution in [-0.2, 0) is 9.53 Å². The Morgan fingerprint density at radius 1 is 0.943 bits per heavy atom. The number of benzene rings is 3. The molecule has 0 fully saturated rings. The number of carbonyl (C=O) groups is 3. The molecule has 0 heterocycles. The van der Waals surface area contributed by atoms with Crippen molar-refractivity contribution in [2.45, 2.75) is 11.8 Å². The summed E-state index contributed by atoms with van der Waals surface area (Å²) in [5.74, 6) is -8.83. The molecule has 3 aromatic carbocycles. The number of hydrogen-bond acceptors (Lipinski definition) is 4. The maximum Gasteiger partial charge on any atom is 0.407 e. The van der Waals surface area contributed by atoms with E-state index in [0.717, 1.165) is 34.4 Å². The van der Waals surface area contributed by atoms with Gasteiger partial charge < -0.3 is 20.5 Å². The van der Waals surface area contributed by atoms with Crippen LogP contribution in [0.25, 0.3) is 11.1 Å². The average molecular weight is 484 g/mol. The maximum absolute atomic E-state index is 14.3. The van der Waals surface area contributed by atoms with Gasteiger partial charge in [0, 0.05) is 11.6 Å². The van der Waals surface area contributed by atoms with E-state index in [0.29, 0.717) is 6.07 Å². The summed E-state index contributed by atoms with van der Waals surface area (Å²) in [4.78, 5) is 35.0. The third-order valence-corrected chi connectivity index (χ3v) is 5.59. The first-order valence-corrected chi connectivity index (χ1v) is 10.5. The molecule has 1 aliphatic rings. The number of carboxylic acids is 1. The third-order valence-electron chi connectivity index (χ3n) is 5.59. The van der Waals surface area contributed by atoms with Crippen LogP contribution in [0, 0.1) is 5.82 Å². The predicted molar refractivity (Wildman–Crippen MR) is 120 cm³/mol. The highest BCUT2D eigenvalue weighted by atomic mass is 19.3. The number of amides is 2. The zero-order chi connectivity index (χ0) is 25.2. The van der Waals surface area contributed by atoms with Crippen molar-refractivity contribution in [3.8, 4) is 11.1 Å². The van der Waals surface area contributed by atoms with Gasteiger partial charge in [-0.25, -0.2) is 14.0 Å². The van der Waals surface area contributed by atoms with Gasteiger partial charge in [-0.2, -0.15) is 8.78 Å². The van der Waals surface area contributed by atoms with E-state index in [2.05, 4.69) is 0 Å². The number of anilines is 1. The van der Waals surface area contributed by atoms with Gasteiger partial charge in [0.15, 0.2) is 0 Å². The molecule has 180 valence electrons. The molecule has 3 aromatic rings. The fourth-order valence-corrected chi connectivity index (χ4v) is 3.90. The minimum absolute atomic E-state index is 0.0921. The summed E-state index contributed by atoms with van der Waals surface area (Å²) < 4.78 is 47.1. The van der Waals surface area contributed by atoms with Crippen LogP contribution in [0.1, 0.15) is 27.4 Å². The van der Waals surface area contributed by atoms with E-state index in [1.807, 2.05) is 59.2 Å². The second-order valence-corrected chi connectivity index (χ2v) is 7.84. The standard InChI is InChI=1S/C25H19F3N2O5/c26-21-10-9-14(11-19(21)22(31)32)30-23(33)25(27,28)13-29-24(34)35-12-20-17-7-3-1-5-15(17)16-6-2-4-8-18(16)20/h1-11,20H,12-13H2,(H,29,34)(H,30,33)(H,31,32). The number of hydrogen-bond donors (Lipinski definition) is 3. The van der Waals surface area contributed by atoms with E-state index >= 15 is 0 Å². The molecule has 3 N–H and O–H groups in total. The molecular weight excluding hydrogens is 465 g/mol. The van der Waals surface area contributed by atoms with Crippen molar-refractivity contribution in [2.24, 2.45) is 0 Å². The zero-order valence-corrected chi connectivity index (χ0v) is 18.1. The van der Waals surface area contributed by atoms with Gasteiger partial charge in [0.25, 0.3) is 5.91 Å². The van der Waals surface area contributed by atoms with E-state index in [1.54, 1.807) is 0 Å². The quantitative estimate of drug-likeness (QED) is 0.453. The molecule has 10 heteroatoms. The van der Waals surface area contributed by atoms with Crippen LogP contribution in [0.4, 0.5) is 23.7 Å². The van der Waals surface area contributed by atoms with Crippen LogP contribution in [0.15, 0.2) is 66.7 Å². The molecule has 35 heavy (non-hydrogen) atoms. The largest absolute Gasteiger partial charge is 0.478 e. The van der Waals surface area contributed by atoms with Gasteiger partial charge in [-0.3, -0.25) is 4.79 Å². The van der Waals surface area contributed by atoms with E-state index < -0.39 is 41.8 Å². The summed E-state index contributed by atoms with van der Waals surface area (Å²) in [7, 11) is 0. The molecular formula is C25H19F3N2O5. The predicted octanol–water partition coefficient (Wildman–Crippen LogP) is 4.64. The van der Waals surface area contributed by atoms with Crippen LogP contribution in [0.5, 0.6) is 0 Å². The first-order chi connectivity index (χ1) is 16.7. The van der Waals surface area contributed by atoms with Crippen molar-refractivity contribution in [1.82, 2.24) is 5.32 Å². The molecule has 0 aliphatic heterocycles. The number of carboxylic acid groups (broad SMARTS) is 1. The van der Waals surface area contributed by atoms with Gasteiger partial charge in [-0.1, -0.05) is 48.5 Å². The lowest BCUT2D eigenvalue weighted by molar-refractivity contribution is -0.138. The number of alkyl carbamates (subject to hydrolysis) is 1. The first-order valence-electron chi connectivity index (χ1n) is 10.5. The average Bonchev–Trinajstić information content (AvgIpc) is 3.16. The van der Waals surface area contributed by atoms with E-state index in [-0.39, 0.29) is 18.2 Å².